The molecular weight excluding hydrogens is 576 g/mol. The zero-order valence-electron chi connectivity index (χ0n) is 31.6. The Morgan fingerprint density at radius 3 is 1.40 bits per heavy atom. The molecule has 4 heteroatoms. The van der Waals surface area contributed by atoms with Gasteiger partial charge < -0.3 is 14.5 Å². The van der Waals surface area contributed by atoms with Gasteiger partial charge in [-0.05, 0) is 97.1 Å². The molecule has 1 atom stereocenters. The molecular formula is C43H78N2O2. The van der Waals surface area contributed by atoms with Crippen LogP contribution in [-0.2, 0) is 4.74 Å². The molecule has 272 valence electrons. The van der Waals surface area contributed by atoms with Gasteiger partial charge in [-0.1, -0.05) is 140 Å². The van der Waals surface area contributed by atoms with E-state index in [0.717, 1.165) is 58.3 Å². The van der Waals surface area contributed by atoms with E-state index >= 15 is 0 Å². The summed E-state index contributed by atoms with van der Waals surface area (Å²) in [5.74, 6) is 0.495. The van der Waals surface area contributed by atoms with Crippen LogP contribution in [0.15, 0.2) is 48.6 Å². The van der Waals surface area contributed by atoms with E-state index in [1.807, 2.05) is 4.90 Å². The minimum atomic E-state index is -0.0789. The molecule has 0 bridgehead atoms. The summed E-state index contributed by atoms with van der Waals surface area (Å²) in [6, 6.07) is 0. The molecule has 1 amide bonds. The number of carbonyl (C=O) groups excluding carboxylic acids is 1. The second kappa shape index (κ2) is 34.1. The first kappa shape index (κ1) is 43.2. The fourth-order valence-electron chi connectivity index (χ4n) is 6.32. The molecule has 1 saturated heterocycles. The number of hydrogen-bond donors (Lipinski definition) is 0. The van der Waals surface area contributed by atoms with Gasteiger partial charge in [-0.15, -0.1) is 0 Å². The molecule has 0 aromatic rings. The number of ether oxygens (including phenoxy) is 1. The highest BCUT2D eigenvalue weighted by molar-refractivity contribution is 5.67. The fourth-order valence-corrected chi connectivity index (χ4v) is 6.32. The van der Waals surface area contributed by atoms with Gasteiger partial charge in [-0.25, -0.2) is 4.79 Å². The molecule has 1 aliphatic rings. The van der Waals surface area contributed by atoms with Crippen LogP contribution in [-0.4, -0.2) is 55.7 Å². The third-order valence-electron chi connectivity index (χ3n) is 9.45. The van der Waals surface area contributed by atoms with Crippen molar-refractivity contribution in [1.29, 1.82) is 0 Å². The molecule has 1 rings (SSSR count). The topological polar surface area (TPSA) is 32.8 Å². The van der Waals surface area contributed by atoms with Crippen LogP contribution in [0.5, 0.6) is 0 Å². The maximum atomic E-state index is 13.0. The molecule has 0 aromatic carbocycles. The SMILES string of the molecule is CCCCC/C=C\C/C=C\CCCCCCCCN(CCCCCCCC/C=C\C/C=C\CCCCC)C(=O)OCC1CCN(C)C1. The normalized spacial score (nSPS) is 15.8. The number of hydrogen-bond acceptors (Lipinski definition) is 3. The van der Waals surface area contributed by atoms with E-state index < -0.39 is 0 Å². The van der Waals surface area contributed by atoms with Crippen LogP contribution in [0.1, 0.15) is 174 Å². The molecule has 4 nitrogen and oxygen atoms in total. The number of unbranched alkanes of at least 4 members (excludes halogenated alkanes) is 18. The molecule has 0 saturated carbocycles. The molecule has 1 heterocycles. The highest BCUT2D eigenvalue weighted by Gasteiger charge is 2.22. The maximum Gasteiger partial charge on any atom is 0.409 e. The van der Waals surface area contributed by atoms with Crippen molar-refractivity contribution in [3.8, 4) is 0 Å². The Kier molecular flexibility index (Phi) is 31.3. The Hall–Kier alpha value is -1.81. The van der Waals surface area contributed by atoms with Gasteiger partial charge >= 0.3 is 6.09 Å². The zero-order chi connectivity index (χ0) is 33.9. The lowest BCUT2D eigenvalue weighted by molar-refractivity contribution is 0.0873. The summed E-state index contributed by atoms with van der Waals surface area (Å²) >= 11 is 0. The second-order valence-electron chi connectivity index (χ2n) is 14.1. The van der Waals surface area contributed by atoms with Crippen LogP contribution < -0.4 is 0 Å². The van der Waals surface area contributed by atoms with Crippen molar-refractivity contribution >= 4 is 6.09 Å². The van der Waals surface area contributed by atoms with Crippen molar-refractivity contribution in [2.75, 3.05) is 39.8 Å². The molecule has 0 N–H and O–H groups in total. The predicted octanol–water partition coefficient (Wildman–Crippen LogP) is 13.0. The van der Waals surface area contributed by atoms with E-state index in [9.17, 15) is 4.79 Å². The van der Waals surface area contributed by atoms with E-state index in [1.165, 1.54) is 128 Å². The fraction of sp³-hybridized carbons (Fsp3) is 0.791. The number of rotatable bonds is 32. The lowest BCUT2D eigenvalue weighted by atomic mass is 10.1. The molecule has 0 radical (unpaired) electrons. The number of likely N-dealkylation sites (tertiary alicyclic amines) is 1. The van der Waals surface area contributed by atoms with E-state index in [2.05, 4.69) is 74.4 Å². The third-order valence-corrected chi connectivity index (χ3v) is 9.45. The Morgan fingerprint density at radius 1 is 0.596 bits per heavy atom. The maximum absolute atomic E-state index is 13.0. The summed E-state index contributed by atoms with van der Waals surface area (Å²) in [6.45, 7) is 8.95. The average molecular weight is 655 g/mol. The smallest absolute Gasteiger partial charge is 0.409 e. The zero-order valence-corrected chi connectivity index (χ0v) is 31.6. The van der Waals surface area contributed by atoms with Crippen LogP contribution in [0, 0.1) is 5.92 Å². The first-order valence-electron chi connectivity index (χ1n) is 20.4. The van der Waals surface area contributed by atoms with Crippen molar-refractivity contribution in [3.05, 3.63) is 48.6 Å². The van der Waals surface area contributed by atoms with Crippen molar-refractivity contribution in [2.45, 2.75) is 174 Å². The van der Waals surface area contributed by atoms with Gasteiger partial charge in [0.25, 0.3) is 0 Å². The summed E-state index contributed by atoms with van der Waals surface area (Å²) in [5, 5.41) is 0. The first-order chi connectivity index (χ1) is 23.2. The summed E-state index contributed by atoms with van der Waals surface area (Å²) in [6.07, 6.45) is 49.7. The summed E-state index contributed by atoms with van der Waals surface area (Å²) in [5.41, 5.74) is 0. The predicted molar refractivity (Wildman–Crippen MR) is 207 cm³/mol. The molecule has 1 fully saturated rings. The van der Waals surface area contributed by atoms with E-state index in [0.29, 0.717) is 12.5 Å². The van der Waals surface area contributed by atoms with Crippen LogP contribution in [0.4, 0.5) is 4.79 Å². The molecule has 0 spiro atoms. The van der Waals surface area contributed by atoms with Crippen molar-refractivity contribution in [3.63, 3.8) is 0 Å². The van der Waals surface area contributed by atoms with Crippen molar-refractivity contribution in [1.82, 2.24) is 9.80 Å². The van der Waals surface area contributed by atoms with E-state index in [4.69, 9.17) is 4.74 Å². The largest absolute Gasteiger partial charge is 0.449 e. The van der Waals surface area contributed by atoms with Gasteiger partial charge in [0.2, 0.25) is 0 Å². The lowest BCUT2D eigenvalue weighted by Gasteiger charge is -2.23. The summed E-state index contributed by atoms with van der Waals surface area (Å²) < 4.78 is 5.83. The quantitative estimate of drug-likeness (QED) is 0.0534. The van der Waals surface area contributed by atoms with Crippen LogP contribution in [0.3, 0.4) is 0 Å². The second-order valence-corrected chi connectivity index (χ2v) is 14.1. The van der Waals surface area contributed by atoms with Crippen molar-refractivity contribution < 1.29 is 9.53 Å². The van der Waals surface area contributed by atoms with E-state index in [-0.39, 0.29) is 6.09 Å². The van der Waals surface area contributed by atoms with Crippen LogP contribution in [0.25, 0.3) is 0 Å². The number of amides is 1. The van der Waals surface area contributed by atoms with Gasteiger partial charge in [-0.2, -0.15) is 0 Å². The van der Waals surface area contributed by atoms with E-state index in [1.54, 1.807) is 0 Å². The highest BCUT2D eigenvalue weighted by Crippen LogP contribution is 2.16. The highest BCUT2D eigenvalue weighted by atomic mass is 16.6. The lowest BCUT2D eigenvalue weighted by Crippen LogP contribution is -2.34. The standard InChI is InChI=1S/C43H78N2O2/c1-4-6-8-10-12-14-16-18-20-22-24-26-28-30-32-34-37-45(43(46)47-41-42-36-39-44(3)40-42)38-35-33-31-29-27-25-23-21-19-17-15-13-11-9-7-5-2/h12-15,18-21,42H,4-11,16-17,22-41H2,1-3H3/b14-12-,15-13-,20-18-,21-19-. The summed E-state index contributed by atoms with van der Waals surface area (Å²) in [4.78, 5) is 17.4. The molecule has 1 aliphatic heterocycles. The molecule has 1 unspecified atom stereocenters. The van der Waals surface area contributed by atoms with Gasteiger partial charge in [0.15, 0.2) is 0 Å². The number of carbonyl (C=O) groups is 1. The third kappa shape index (κ3) is 28.9. The minimum Gasteiger partial charge on any atom is -0.449 e. The van der Waals surface area contributed by atoms with Gasteiger partial charge in [-0.3, -0.25) is 0 Å². The van der Waals surface area contributed by atoms with Gasteiger partial charge in [0.1, 0.15) is 0 Å². The Bertz CT molecular complexity index is 754. The van der Waals surface area contributed by atoms with Crippen molar-refractivity contribution in [2.24, 2.45) is 5.92 Å². The number of allylic oxidation sites excluding steroid dienone is 8. The van der Waals surface area contributed by atoms with Gasteiger partial charge in [0.05, 0.1) is 6.61 Å². The summed E-state index contributed by atoms with van der Waals surface area (Å²) in [7, 11) is 2.16. The van der Waals surface area contributed by atoms with Crippen LogP contribution in [0.2, 0.25) is 0 Å². The Morgan fingerprint density at radius 2 is 1.00 bits per heavy atom. The monoisotopic (exact) mass is 655 g/mol. The minimum absolute atomic E-state index is 0.0789. The molecule has 47 heavy (non-hydrogen) atoms. The van der Waals surface area contributed by atoms with Gasteiger partial charge in [0, 0.05) is 25.6 Å². The Balaban J connectivity index is 2.16. The number of nitrogens with zero attached hydrogens (tertiary/aromatic N) is 2. The average Bonchev–Trinajstić information content (AvgIpc) is 3.50. The first-order valence-corrected chi connectivity index (χ1v) is 20.4. The van der Waals surface area contributed by atoms with Crippen LogP contribution >= 0.6 is 0 Å². The molecule has 0 aromatic heterocycles. The Labute approximate surface area is 293 Å². The molecule has 0 aliphatic carbocycles.